The smallest absolute Gasteiger partial charge is 0.348 e. The summed E-state index contributed by atoms with van der Waals surface area (Å²) in [6.07, 6.45) is 1.39. The lowest BCUT2D eigenvalue weighted by atomic mass is 10.3. The summed E-state index contributed by atoms with van der Waals surface area (Å²) in [6, 6.07) is 16.7. The van der Waals surface area contributed by atoms with Gasteiger partial charge in [-0.05, 0) is 45.9 Å². The van der Waals surface area contributed by atoms with E-state index in [1.807, 2.05) is 42.5 Å². The molecule has 1 amide bonds. The third-order valence-corrected chi connectivity index (χ3v) is 5.14. The number of ether oxygens (including phenoxy) is 1. The molecule has 3 rings (SSSR count). The second-order valence-electron chi connectivity index (χ2n) is 4.58. The number of rotatable bonds is 5. The Labute approximate surface area is 147 Å². The molecule has 6 nitrogen and oxygen atoms in total. The number of hydrogen-bond acceptors (Lipinski definition) is 6. The quantitative estimate of drug-likeness (QED) is 0.691. The number of carbonyl (C=O) groups is 1. The van der Waals surface area contributed by atoms with Crippen LogP contribution in [0.15, 0.2) is 71.0 Å². The van der Waals surface area contributed by atoms with Crippen molar-refractivity contribution in [3.63, 3.8) is 0 Å². The summed E-state index contributed by atoms with van der Waals surface area (Å²) in [6.45, 7) is 0. The maximum absolute atomic E-state index is 12.2. The number of anilines is 1. The van der Waals surface area contributed by atoms with Crippen LogP contribution in [0.25, 0.3) is 0 Å². The zero-order valence-corrected chi connectivity index (χ0v) is 14.4. The van der Waals surface area contributed by atoms with E-state index in [0.29, 0.717) is 16.6 Å². The minimum Gasteiger partial charge on any atom is -0.495 e. The molecule has 1 N–H and O–H groups in total. The first-order chi connectivity index (χ1) is 11.8. The number of methoxy groups -OCH3 is 1. The highest BCUT2D eigenvalue weighted by Crippen LogP contribution is 2.34. The molecule has 0 saturated heterocycles. The highest BCUT2D eigenvalue weighted by atomic mass is 33.1. The Morgan fingerprint density at radius 3 is 2.62 bits per heavy atom. The molecule has 1 aromatic heterocycles. The zero-order chi connectivity index (χ0) is 16.8. The first-order valence-electron chi connectivity index (χ1n) is 7.02. The summed E-state index contributed by atoms with van der Waals surface area (Å²) in [4.78, 5) is 17.5. The Morgan fingerprint density at radius 1 is 1.08 bits per heavy atom. The van der Waals surface area contributed by atoms with Gasteiger partial charge in [-0.25, -0.2) is 9.78 Å². The molecule has 1 heterocycles. The van der Waals surface area contributed by atoms with Crippen LogP contribution >= 0.6 is 21.6 Å². The molecule has 24 heavy (non-hydrogen) atoms. The predicted octanol–water partition coefficient (Wildman–Crippen LogP) is 4.17. The third-order valence-electron chi connectivity index (χ3n) is 2.98. The van der Waals surface area contributed by atoms with E-state index in [-0.39, 0.29) is 0 Å². The summed E-state index contributed by atoms with van der Waals surface area (Å²) in [7, 11) is 4.48. The third kappa shape index (κ3) is 4.09. The molecule has 0 spiro atoms. The van der Waals surface area contributed by atoms with E-state index in [0.717, 1.165) is 4.90 Å². The van der Waals surface area contributed by atoms with E-state index >= 15 is 0 Å². The average Bonchev–Trinajstić information content (AvgIpc) is 3.10. The summed E-state index contributed by atoms with van der Waals surface area (Å²) in [5.41, 5.74) is 0.577. The number of para-hydroxylation sites is 2. The van der Waals surface area contributed by atoms with Crippen molar-refractivity contribution in [2.75, 3.05) is 12.4 Å². The monoisotopic (exact) mass is 358 g/mol. The van der Waals surface area contributed by atoms with Crippen LogP contribution < -0.4 is 10.1 Å². The Kier molecular flexibility index (Phi) is 5.39. The molecule has 0 saturated carbocycles. The number of nitrogens with one attached hydrogen (secondary N) is 1. The Balaban J connectivity index is 1.63. The number of aromatic nitrogens is 3. The van der Waals surface area contributed by atoms with Crippen LogP contribution in [0.5, 0.6) is 5.75 Å². The molecule has 122 valence electrons. The molecule has 0 bridgehead atoms. The van der Waals surface area contributed by atoms with E-state index in [1.54, 1.807) is 19.2 Å². The van der Waals surface area contributed by atoms with Gasteiger partial charge in [-0.2, -0.15) is 4.68 Å². The summed E-state index contributed by atoms with van der Waals surface area (Å²) in [5, 5.41) is 7.43. The van der Waals surface area contributed by atoms with Gasteiger partial charge >= 0.3 is 6.03 Å². The van der Waals surface area contributed by atoms with Crippen molar-refractivity contribution in [1.29, 1.82) is 0 Å². The Hall–Kier alpha value is -2.45. The van der Waals surface area contributed by atoms with Gasteiger partial charge in [0, 0.05) is 4.90 Å². The molecule has 2 aromatic carbocycles. The molecule has 0 aliphatic rings. The second-order valence-corrected chi connectivity index (χ2v) is 6.75. The van der Waals surface area contributed by atoms with Gasteiger partial charge in [-0.3, -0.25) is 0 Å². The number of carbonyl (C=O) groups excluding carboxylic acids is 1. The fourth-order valence-electron chi connectivity index (χ4n) is 1.87. The molecule has 0 fully saturated rings. The first-order valence-corrected chi connectivity index (χ1v) is 9.17. The van der Waals surface area contributed by atoms with Crippen molar-refractivity contribution in [1.82, 2.24) is 14.8 Å². The van der Waals surface area contributed by atoms with Gasteiger partial charge in [0.2, 0.25) is 5.16 Å². The molecular formula is C16H14N4O2S2. The summed E-state index contributed by atoms with van der Waals surface area (Å²) in [5.74, 6) is 0.584. The predicted molar refractivity (Wildman–Crippen MR) is 95.6 cm³/mol. The van der Waals surface area contributed by atoms with Crippen LogP contribution in [0.4, 0.5) is 10.5 Å². The minimum absolute atomic E-state index is 0.399. The van der Waals surface area contributed by atoms with Crippen molar-refractivity contribution >= 4 is 33.3 Å². The molecule has 0 aliphatic heterocycles. The fraction of sp³-hybridized carbons (Fsp3) is 0.0625. The zero-order valence-electron chi connectivity index (χ0n) is 12.7. The lowest BCUT2D eigenvalue weighted by Crippen LogP contribution is -2.20. The van der Waals surface area contributed by atoms with Crippen LogP contribution in [0.1, 0.15) is 0 Å². The average molecular weight is 358 g/mol. The van der Waals surface area contributed by atoms with Gasteiger partial charge in [0.1, 0.15) is 12.1 Å². The minimum atomic E-state index is -0.399. The maximum atomic E-state index is 12.2. The lowest BCUT2D eigenvalue weighted by molar-refractivity contribution is 0.250. The fourth-order valence-corrected chi connectivity index (χ4v) is 3.59. The molecule has 0 unspecified atom stereocenters. The normalized spacial score (nSPS) is 10.4. The Morgan fingerprint density at radius 2 is 1.83 bits per heavy atom. The Bertz CT molecular complexity index is 824. The van der Waals surface area contributed by atoms with Crippen molar-refractivity contribution < 1.29 is 9.53 Å². The molecule has 0 atom stereocenters. The van der Waals surface area contributed by atoms with E-state index in [1.165, 1.54) is 32.6 Å². The van der Waals surface area contributed by atoms with E-state index in [4.69, 9.17) is 4.74 Å². The van der Waals surface area contributed by atoms with Gasteiger partial charge in [0.05, 0.1) is 12.8 Å². The largest absolute Gasteiger partial charge is 0.495 e. The highest BCUT2D eigenvalue weighted by molar-refractivity contribution is 8.76. The highest BCUT2D eigenvalue weighted by Gasteiger charge is 2.12. The molecule has 0 radical (unpaired) electrons. The van der Waals surface area contributed by atoms with Crippen molar-refractivity contribution in [2.45, 2.75) is 10.1 Å². The number of amides is 1. The lowest BCUT2D eigenvalue weighted by Gasteiger charge is -2.08. The van der Waals surface area contributed by atoms with Crippen LogP contribution in [0, 0.1) is 0 Å². The SMILES string of the molecule is COc1ccccc1NC(=O)n1cnc(SSc2ccccc2)n1. The van der Waals surface area contributed by atoms with Crippen LogP contribution in [-0.4, -0.2) is 27.9 Å². The summed E-state index contributed by atoms with van der Waals surface area (Å²) >= 11 is 0. The maximum Gasteiger partial charge on any atom is 0.348 e. The number of nitrogens with zero attached hydrogens (tertiary/aromatic N) is 3. The van der Waals surface area contributed by atoms with Gasteiger partial charge in [-0.1, -0.05) is 30.3 Å². The van der Waals surface area contributed by atoms with Crippen LogP contribution in [-0.2, 0) is 0 Å². The van der Waals surface area contributed by atoms with E-state index in [9.17, 15) is 4.79 Å². The van der Waals surface area contributed by atoms with Gasteiger partial charge in [-0.15, -0.1) is 5.10 Å². The number of benzene rings is 2. The molecule has 3 aromatic rings. The topological polar surface area (TPSA) is 69.0 Å². The van der Waals surface area contributed by atoms with Crippen LogP contribution in [0.2, 0.25) is 0 Å². The van der Waals surface area contributed by atoms with Crippen LogP contribution in [0.3, 0.4) is 0 Å². The van der Waals surface area contributed by atoms with Crippen molar-refractivity contribution in [3.05, 3.63) is 60.9 Å². The van der Waals surface area contributed by atoms with Crippen molar-refractivity contribution in [2.24, 2.45) is 0 Å². The van der Waals surface area contributed by atoms with Crippen molar-refractivity contribution in [3.8, 4) is 5.75 Å². The van der Waals surface area contributed by atoms with Gasteiger partial charge in [0.25, 0.3) is 0 Å². The summed E-state index contributed by atoms with van der Waals surface area (Å²) < 4.78 is 6.37. The number of hydrogen-bond donors (Lipinski definition) is 1. The molecule has 8 heteroatoms. The second kappa shape index (κ2) is 7.89. The van der Waals surface area contributed by atoms with Gasteiger partial charge in [0.15, 0.2) is 0 Å². The molecule has 0 aliphatic carbocycles. The first kappa shape index (κ1) is 16.4. The standard InChI is InChI=1S/C16H14N4O2S2/c1-22-14-10-6-5-9-13(14)18-16(21)20-11-17-15(19-20)24-23-12-7-3-2-4-8-12/h2-11H,1H3,(H,18,21). The van der Waals surface area contributed by atoms with Gasteiger partial charge < -0.3 is 10.1 Å². The van der Waals surface area contributed by atoms with E-state index in [2.05, 4.69) is 15.4 Å². The van der Waals surface area contributed by atoms with E-state index < -0.39 is 6.03 Å². The molecular weight excluding hydrogens is 344 g/mol.